The molecular formula is C14H30ClN3O. The molecule has 19 heavy (non-hydrogen) atoms. The number of amides is 1. The Kier molecular flexibility index (Phi) is 9.40. The van der Waals surface area contributed by atoms with Crippen LogP contribution in [0.5, 0.6) is 0 Å². The van der Waals surface area contributed by atoms with Crippen molar-refractivity contribution in [2.75, 3.05) is 39.3 Å². The van der Waals surface area contributed by atoms with E-state index in [1.165, 1.54) is 6.42 Å². The number of halogens is 1. The van der Waals surface area contributed by atoms with Gasteiger partial charge in [-0.3, -0.25) is 9.69 Å². The van der Waals surface area contributed by atoms with Crippen molar-refractivity contribution in [3.8, 4) is 0 Å². The Balaban J connectivity index is 0.00000324. The van der Waals surface area contributed by atoms with Gasteiger partial charge in [0.2, 0.25) is 5.91 Å². The van der Waals surface area contributed by atoms with Gasteiger partial charge in [-0.2, -0.15) is 0 Å². The van der Waals surface area contributed by atoms with Crippen LogP contribution in [0.15, 0.2) is 0 Å². The SMILES string of the molecule is CCCNC(=O)CN(CCC)CC1(C)CCNC1.Cl. The van der Waals surface area contributed by atoms with Gasteiger partial charge < -0.3 is 10.6 Å². The third kappa shape index (κ3) is 7.14. The van der Waals surface area contributed by atoms with E-state index in [-0.39, 0.29) is 18.3 Å². The van der Waals surface area contributed by atoms with Crippen molar-refractivity contribution in [1.29, 1.82) is 0 Å². The molecule has 1 saturated heterocycles. The maximum atomic E-state index is 11.8. The van der Waals surface area contributed by atoms with Gasteiger partial charge in [-0.15, -0.1) is 12.4 Å². The highest BCUT2D eigenvalue weighted by Gasteiger charge is 2.30. The molecule has 1 aliphatic heterocycles. The first-order valence-corrected chi connectivity index (χ1v) is 7.29. The van der Waals surface area contributed by atoms with E-state index in [1.54, 1.807) is 0 Å². The van der Waals surface area contributed by atoms with Crippen molar-refractivity contribution in [3.63, 3.8) is 0 Å². The topological polar surface area (TPSA) is 44.4 Å². The second-order valence-electron chi connectivity index (χ2n) is 5.80. The lowest BCUT2D eigenvalue weighted by atomic mass is 9.89. The Hall–Kier alpha value is -0.320. The summed E-state index contributed by atoms with van der Waals surface area (Å²) in [5.41, 5.74) is 0.334. The first-order valence-electron chi connectivity index (χ1n) is 7.29. The second-order valence-corrected chi connectivity index (χ2v) is 5.80. The number of rotatable bonds is 8. The zero-order chi connectivity index (χ0) is 13.4. The minimum absolute atomic E-state index is 0. The summed E-state index contributed by atoms with van der Waals surface area (Å²) in [5, 5.41) is 6.38. The number of hydrogen-bond donors (Lipinski definition) is 2. The Morgan fingerprint density at radius 2 is 2.11 bits per heavy atom. The van der Waals surface area contributed by atoms with Crippen LogP contribution in [0.1, 0.15) is 40.0 Å². The van der Waals surface area contributed by atoms with Gasteiger partial charge in [0.15, 0.2) is 0 Å². The fourth-order valence-corrected chi connectivity index (χ4v) is 2.60. The monoisotopic (exact) mass is 291 g/mol. The van der Waals surface area contributed by atoms with E-state index in [9.17, 15) is 4.79 Å². The predicted molar refractivity (Wildman–Crippen MR) is 82.9 cm³/mol. The second kappa shape index (κ2) is 9.56. The molecule has 1 fully saturated rings. The van der Waals surface area contributed by atoms with Crippen LogP contribution >= 0.6 is 12.4 Å². The molecule has 1 aliphatic rings. The van der Waals surface area contributed by atoms with E-state index >= 15 is 0 Å². The van der Waals surface area contributed by atoms with Crippen LogP contribution < -0.4 is 10.6 Å². The zero-order valence-electron chi connectivity index (χ0n) is 12.6. The molecular weight excluding hydrogens is 262 g/mol. The molecule has 1 rings (SSSR count). The minimum atomic E-state index is 0. The van der Waals surface area contributed by atoms with Crippen LogP contribution in [0.25, 0.3) is 0 Å². The lowest BCUT2D eigenvalue weighted by Gasteiger charge is -2.31. The molecule has 0 spiro atoms. The molecule has 0 bridgehead atoms. The highest BCUT2D eigenvalue weighted by molar-refractivity contribution is 5.85. The van der Waals surface area contributed by atoms with Gasteiger partial charge in [-0.1, -0.05) is 20.8 Å². The molecule has 4 nitrogen and oxygen atoms in total. The van der Waals surface area contributed by atoms with E-state index in [0.717, 1.165) is 45.6 Å². The van der Waals surface area contributed by atoms with Crippen molar-refractivity contribution >= 4 is 18.3 Å². The summed E-state index contributed by atoms with van der Waals surface area (Å²) < 4.78 is 0. The fraction of sp³-hybridized carbons (Fsp3) is 0.929. The molecule has 2 N–H and O–H groups in total. The Bertz CT molecular complexity index is 255. The number of carbonyl (C=O) groups excluding carboxylic acids is 1. The molecule has 0 saturated carbocycles. The molecule has 114 valence electrons. The number of hydrogen-bond acceptors (Lipinski definition) is 3. The molecule has 0 aromatic carbocycles. The summed E-state index contributed by atoms with van der Waals surface area (Å²) in [6.45, 7) is 12.1. The molecule has 1 atom stereocenters. The van der Waals surface area contributed by atoms with E-state index in [1.807, 2.05) is 0 Å². The Labute approximate surface area is 124 Å². The first-order chi connectivity index (χ1) is 8.59. The molecule has 5 heteroatoms. The summed E-state index contributed by atoms with van der Waals surface area (Å²) in [6.07, 6.45) is 3.31. The van der Waals surface area contributed by atoms with Crippen LogP contribution in [0, 0.1) is 5.41 Å². The molecule has 0 aromatic heterocycles. The van der Waals surface area contributed by atoms with Crippen LogP contribution in [0.3, 0.4) is 0 Å². The maximum absolute atomic E-state index is 11.8. The van der Waals surface area contributed by atoms with Crippen LogP contribution in [0.2, 0.25) is 0 Å². The van der Waals surface area contributed by atoms with Gasteiger partial charge in [0.25, 0.3) is 0 Å². The summed E-state index contributed by atoms with van der Waals surface area (Å²) in [5.74, 6) is 0.167. The van der Waals surface area contributed by atoms with E-state index in [0.29, 0.717) is 12.0 Å². The van der Waals surface area contributed by atoms with Crippen molar-refractivity contribution < 1.29 is 4.79 Å². The maximum Gasteiger partial charge on any atom is 0.234 e. The molecule has 0 aliphatic carbocycles. The van der Waals surface area contributed by atoms with E-state index < -0.39 is 0 Å². The predicted octanol–water partition coefficient (Wildman–Crippen LogP) is 1.65. The van der Waals surface area contributed by atoms with E-state index in [4.69, 9.17) is 0 Å². The van der Waals surface area contributed by atoms with Gasteiger partial charge in [0.1, 0.15) is 0 Å². The smallest absolute Gasteiger partial charge is 0.234 e. The zero-order valence-corrected chi connectivity index (χ0v) is 13.4. The van der Waals surface area contributed by atoms with Gasteiger partial charge in [0, 0.05) is 19.6 Å². The Morgan fingerprint density at radius 1 is 1.37 bits per heavy atom. The number of carbonyl (C=O) groups is 1. The normalized spacial score (nSPS) is 22.3. The number of nitrogens with zero attached hydrogens (tertiary/aromatic N) is 1. The van der Waals surface area contributed by atoms with Crippen LogP contribution in [0.4, 0.5) is 0 Å². The van der Waals surface area contributed by atoms with Crippen molar-refractivity contribution in [1.82, 2.24) is 15.5 Å². The van der Waals surface area contributed by atoms with Crippen molar-refractivity contribution in [2.24, 2.45) is 5.41 Å². The first kappa shape index (κ1) is 18.7. The lowest BCUT2D eigenvalue weighted by molar-refractivity contribution is -0.122. The number of nitrogens with one attached hydrogen (secondary N) is 2. The quantitative estimate of drug-likeness (QED) is 0.715. The summed E-state index contributed by atoms with van der Waals surface area (Å²) >= 11 is 0. The average Bonchev–Trinajstić information content (AvgIpc) is 2.73. The van der Waals surface area contributed by atoms with Crippen molar-refractivity contribution in [2.45, 2.75) is 40.0 Å². The highest BCUT2D eigenvalue weighted by atomic mass is 35.5. The lowest BCUT2D eigenvalue weighted by Crippen LogP contribution is -2.43. The standard InChI is InChI=1S/C14H29N3O.ClH/c1-4-7-16-13(18)10-17(9-5-2)12-14(3)6-8-15-11-14;/h15H,4-12H2,1-3H3,(H,16,18);1H. The molecule has 0 aromatic rings. The van der Waals surface area contributed by atoms with Crippen LogP contribution in [-0.2, 0) is 4.79 Å². The van der Waals surface area contributed by atoms with E-state index in [2.05, 4.69) is 36.3 Å². The minimum Gasteiger partial charge on any atom is -0.355 e. The largest absolute Gasteiger partial charge is 0.355 e. The molecule has 1 heterocycles. The third-order valence-corrected chi connectivity index (χ3v) is 3.54. The summed E-state index contributed by atoms with van der Waals surface area (Å²) in [4.78, 5) is 14.1. The van der Waals surface area contributed by atoms with Crippen molar-refractivity contribution in [3.05, 3.63) is 0 Å². The fourth-order valence-electron chi connectivity index (χ4n) is 2.60. The summed E-state index contributed by atoms with van der Waals surface area (Å²) in [7, 11) is 0. The summed E-state index contributed by atoms with van der Waals surface area (Å²) in [6, 6.07) is 0. The van der Waals surface area contributed by atoms with Gasteiger partial charge in [0.05, 0.1) is 6.54 Å². The average molecular weight is 292 g/mol. The molecule has 1 amide bonds. The highest BCUT2D eigenvalue weighted by Crippen LogP contribution is 2.25. The molecule has 0 radical (unpaired) electrons. The van der Waals surface area contributed by atoms with Gasteiger partial charge in [-0.25, -0.2) is 0 Å². The van der Waals surface area contributed by atoms with Gasteiger partial charge in [-0.05, 0) is 37.8 Å². The Morgan fingerprint density at radius 3 is 2.63 bits per heavy atom. The van der Waals surface area contributed by atoms with Crippen LogP contribution in [-0.4, -0.2) is 50.1 Å². The van der Waals surface area contributed by atoms with Gasteiger partial charge >= 0.3 is 0 Å². The third-order valence-electron chi connectivity index (χ3n) is 3.54. The molecule has 1 unspecified atom stereocenters.